The first-order chi connectivity index (χ1) is 18.9. The molecule has 1 saturated heterocycles. The molecule has 0 N–H and O–H groups in total. The topological polar surface area (TPSA) is 6.48 Å². The summed E-state index contributed by atoms with van der Waals surface area (Å²) in [5.74, 6) is 0. The van der Waals surface area contributed by atoms with Crippen LogP contribution in [0.5, 0.6) is 0 Å². The molecular weight excluding hydrogens is 460 g/mol. The lowest BCUT2D eigenvalue weighted by molar-refractivity contribution is 0.217. The van der Waals surface area contributed by atoms with Crippen LogP contribution in [-0.4, -0.2) is 49.1 Å². The van der Waals surface area contributed by atoms with Crippen LogP contribution in [0.15, 0.2) is 12.2 Å². The molecular formula is C36H72N2. The van der Waals surface area contributed by atoms with Crippen LogP contribution < -0.4 is 0 Å². The Balaban J connectivity index is 1.95. The normalized spacial score (nSPS) is 14.5. The van der Waals surface area contributed by atoms with E-state index in [1.165, 1.54) is 206 Å². The Labute approximate surface area is 241 Å². The molecule has 0 spiro atoms. The van der Waals surface area contributed by atoms with Gasteiger partial charge in [-0.25, -0.2) is 0 Å². The van der Waals surface area contributed by atoms with E-state index < -0.39 is 0 Å². The van der Waals surface area contributed by atoms with E-state index >= 15 is 0 Å². The fourth-order valence-corrected chi connectivity index (χ4v) is 6.03. The summed E-state index contributed by atoms with van der Waals surface area (Å²) in [6.07, 6.45) is 41.9. The number of rotatable bonds is 30. The summed E-state index contributed by atoms with van der Waals surface area (Å²) in [5.41, 5.74) is 0. The number of likely N-dealkylation sites (tertiary alicyclic amines) is 1. The minimum absolute atomic E-state index is 1.31. The van der Waals surface area contributed by atoms with Crippen molar-refractivity contribution in [3.05, 3.63) is 12.2 Å². The van der Waals surface area contributed by atoms with E-state index in [2.05, 4.69) is 35.8 Å². The Morgan fingerprint density at radius 3 is 1.24 bits per heavy atom. The molecule has 2 heteroatoms. The van der Waals surface area contributed by atoms with Crippen LogP contribution in [0.25, 0.3) is 0 Å². The van der Waals surface area contributed by atoms with Gasteiger partial charge in [0, 0.05) is 13.1 Å². The molecule has 0 aliphatic carbocycles. The SMILES string of the molecule is CCCCCCCCC=CCCCCCCCCCCN(CCCCCCCCCC)CCN1CCCC1. The number of hydrogen-bond acceptors (Lipinski definition) is 2. The maximum Gasteiger partial charge on any atom is 0.0109 e. The molecule has 0 amide bonds. The van der Waals surface area contributed by atoms with Crippen molar-refractivity contribution < 1.29 is 0 Å². The summed E-state index contributed by atoms with van der Waals surface area (Å²) in [7, 11) is 0. The van der Waals surface area contributed by atoms with Gasteiger partial charge >= 0.3 is 0 Å². The summed E-state index contributed by atoms with van der Waals surface area (Å²) >= 11 is 0. The van der Waals surface area contributed by atoms with Crippen molar-refractivity contribution in [1.82, 2.24) is 9.80 Å². The van der Waals surface area contributed by atoms with Gasteiger partial charge in [-0.15, -0.1) is 0 Å². The molecule has 1 heterocycles. The Kier molecular flexibility index (Phi) is 27.8. The smallest absolute Gasteiger partial charge is 0.0109 e. The zero-order valence-electron chi connectivity index (χ0n) is 26.7. The van der Waals surface area contributed by atoms with E-state index in [0.29, 0.717) is 0 Å². The minimum Gasteiger partial charge on any atom is -0.302 e. The molecule has 1 fully saturated rings. The zero-order chi connectivity index (χ0) is 27.2. The third-order valence-electron chi connectivity index (χ3n) is 8.75. The third-order valence-corrected chi connectivity index (χ3v) is 8.75. The largest absolute Gasteiger partial charge is 0.302 e. The number of nitrogens with zero attached hydrogens (tertiary/aromatic N) is 2. The summed E-state index contributed by atoms with van der Waals surface area (Å²) in [4.78, 5) is 5.52. The Morgan fingerprint density at radius 1 is 0.447 bits per heavy atom. The molecule has 0 unspecified atom stereocenters. The highest BCUT2D eigenvalue weighted by molar-refractivity contribution is 4.81. The zero-order valence-corrected chi connectivity index (χ0v) is 26.7. The van der Waals surface area contributed by atoms with Gasteiger partial charge in [0.15, 0.2) is 0 Å². The fourth-order valence-electron chi connectivity index (χ4n) is 6.03. The van der Waals surface area contributed by atoms with Crippen molar-refractivity contribution in [2.45, 2.75) is 181 Å². The van der Waals surface area contributed by atoms with Crippen molar-refractivity contribution in [1.29, 1.82) is 0 Å². The van der Waals surface area contributed by atoms with E-state index in [4.69, 9.17) is 0 Å². The van der Waals surface area contributed by atoms with Gasteiger partial charge in [-0.3, -0.25) is 0 Å². The average Bonchev–Trinajstić information content (AvgIpc) is 3.46. The highest BCUT2D eigenvalue weighted by Crippen LogP contribution is 2.13. The van der Waals surface area contributed by atoms with Gasteiger partial charge in [-0.1, -0.05) is 142 Å². The summed E-state index contributed by atoms with van der Waals surface area (Å²) in [5, 5.41) is 0. The molecule has 1 aliphatic heterocycles. The van der Waals surface area contributed by atoms with Crippen LogP contribution in [0, 0.1) is 0 Å². The Bertz CT molecular complexity index is 468. The van der Waals surface area contributed by atoms with Crippen LogP contribution in [0.4, 0.5) is 0 Å². The summed E-state index contributed by atoms with van der Waals surface area (Å²) in [6, 6.07) is 0. The second-order valence-corrected chi connectivity index (χ2v) is 12.5. The van der Waals surface area contributed by atoms with Crippen molar-refractivity contribution in [2.24, 2.45) is 0 Å². The molecule has 2 nitrogen and oxygen atoms in total. The predicted octanol–water partition coefficient (Wildman–Crippen LogP) is 11.3. The molecule has 1 aliphatic rings. The van der Waals surface area contributed by atoms with E-state index in [9.17, 15) is 0 Å². The van der Waals surface area contributed by atoms with E-state index in [1.807, 2.05) is 0 Å². The van der Waals surface area contributed by atoms with Gasteiger partial charge in [0.25, 0.3) is 0 Å². The van der Waals surface area contributed by atoms with Crippen molar-refractivity contribution >= 4 is 0 Å². The first-order valence-electron chi connectivity index (χ1n) is 18.0. The maximum absolute atomic E-state index is 2.81. The van der Waals surface area contributed by atoms with E-state index in [-0.39, 0.29) is 0 Å². The summed E-state index contributed by atoms with van der Waals surface area (Å²) < 4.78 is 0. The standard InChI is InChI=1S/C36H72N2/c1-3-5-7-9-11-13-14-15-16-17-18-19-20-21-22-24-26-28-32-37(35-36-38-33-29-30-34-38)31-27-25-23-12-10-8-6-4-2/h15-16H,3-14,17-36H2,1-2H3. The molecule has 0 bridgehead atoms. The van der Waals surface area contributed by atoms with Crippen LogP contribution in [0.2, 0.25) is 0 Å². The molecule has 0 aromatic heterocycles. The monoisotopic (exact) mass is 533 g/mol. The lowest BCUT2D eigenvalue weighted by Crippen LogP contribution is -2.35. The molecule has 0 aromatic rings. The van der Waals surface area contributed by atoms with E-state index in [1.54, 1.807) is 0 Å². The molecule has 0 aromatic carbocycles. The van der Waals surface area contributed by atoms with Crippen LogP contribution in [0.1, 0.15) is 181 Å². The minimum atomic E-state index is 1.31. The summed E-state index contributed by atoms with van der Waals surface area (Å²) in [6.45, 7) is 12.6. The second kappa shape index (κ2) is 29.6. The first kappa shape index (κ1) is 35.7. The number of allylic oxidation sites excluding steroid dienone is 2. The van der Waals surface area contributed by atoms with E-state index in [0.717, 1.165) is 0 Å². The Morgan fingerprint density at radius 2 is 0.816 bits per heavy atom. The van der Waals surface area contributed by atoms with Crippen LogP contribution in [0.3, 0.4) is 0 Å². The maximum atomic E-state index is 2.81. The first-order valence-corrected chi connectivity index (χ1v) is 18.0. The van der Waals surface area contributed by atoms with Gasteiger partial charge in [0.1, 0.15) is 0 Å². The molecule has 38 heavy (non-hydrogen) atoms. The van der Waals surface area contributed by atoms with Gasteiger partial charge in [-0.05, 0) is 77.5 Å². The third kappa shape index (κ3) is 24.7. The van der Waals surface area contributed by atoms with Crippen molar-refractivity contribution in [3.63, 3.8) is 0 Å². The average molecular weight is 533 g/mol. The second-order valence-electron chi connectivity index (χ2n) is 12.5. The van der Waals surface area contributed by atoms with Gasteiger partial charge < -0.3 is 9.80 Å². The predicted molar refractivity (Wildman–Crippen MR) is 173 cm³/mol. The van der Waals surface area contributed by atoms with Crippen molar-refractivity contribution in [3.8, 4) is 0 Å². The highest BCUT2D eigenvalue weighted by atomic mass is 15.2. The number of hydrogen-bond donors (Lipinski definition) is 0. The molecule has 0 saturated carbocycles. The highest BCUT2D eigenvalue weighted by Gasteiger charge is 2.13. The van der Waals surface area contributed by atoms with Crippen molar-refractivity contribution in [2.75, 3.05) is 39.3 Å². The molecule has 0 radical (unpaired) electrons. The lowest BCUT2D eigenvalue weighted by atomic mass is 10.1. The van der Waals surface area contributed by atoms with Gasteiger partial charge in [0.05, 0.1) is 0 Å². The quantitative estimate of drug-likeness (QED) is 0.0670. The molecule has 0 atom stereocenters. The molecule has 226 valence electrons. The molecule has 1 rings (SSSR count). The Hall–Kier alpha value is -0.340. The van der Waals surface area contributed by atoms with Crippen LogP contribution >= 0.6 is 0 Å². The number of unbranched alkanes of at least 4 members (excludes halogenated alkanes) is 21. The van der Waals surface area contributed by atoms with Crippen LogP contribution in [-0.2, 0) is 0 Å². The van der Waals surface area contributed by atoms with Gasteiger partial charge in [0.2, 0.25) is 0 Å². The lowest BCUT2D eigenvalue weighted by Gasteiger charge is -2.25. The fraction of sp³-hybridized carbons (Fsp3) is 0.944. The van der Waals surface area contributed by atoms with Gasteiger partial charge in [-0.2, -0.15) is 0 Å².